The molecule has 0 N–H and O–H groups in total. The van der Waals surface area contributed by atoms with Gasteiger partial charge in [-0.2, -0.15) is 0 Å². The molecule has 0 saturated heterocycles. The second-order valence-electron chi connectivity index (χ2n) is 22.4. The van der Waals surface area contributed by atoms with E-state index in [0.717, 1.165) is 77.0 Å². The number of phosphoric acid groups is 1. The number of quaternary nitrogens is 1. The molecule has 10 heteroatoms. The summed E-state index contributed by atoms with van der Waals surface area (Å²) in [4.78, 5) is 38.0. The maximum Gasteiger partial charge on any atom is 0.306 e. The van der Waals surface area contributed by atoms with Crippen LogP contribution < -0.4 is 4.89 Å². The summed E-state index contributed by atoms with van der Waals surface area (Å²) in [5.74, 6) is -0.839. The highest BCUT2D eigenvalue weighted by Gasteiger charge is 2.22. The van der Waals surface area contributed by atoms with Crippen molar-refractivity contribution in [2.75, 3.05) is 47.5 Å². The van der Waals surface area contributed by atoms with Gasteiger partial charge in [-0.05, 0) is 83.5 Å². The molecule has 0 aromatic heterocycles. The van der Waals surface area contributed by atoms with Crippen LogP contribution in [0, 0.1) is 0 Å². The molecule has 0 spiro atoms. The molecule has 0 aromatic carbocycles. The Kier molecular flexibility index (Phi) is 55.2. The van der Waals surface area contributed by atoms with Crippen molar-refractivity contribution < 1.29 is 42.1 Å². The second kappa shape index (κ2) is 57.1. The zero-order chi connectivity index (χ0) is 55.6. The van der Waals surface area contributed by atoms with Gasteiger partial charge in [0.15, 0.2) is 6.10 Å². The Bertz CT molecular complexity index is 1510. The lowest BCUT2D eigenvalue weighted by molar-refractivity contribution is -0.870. The first-order valence-electron chi connectivity index (χ1n) is 31.6. The van der Waals surface area contributed by atoms with Gasteiger partial charge in [0.25, 0.3) is 7.82 Å². The van der Waals surface area contributed by atoms with E-state index in [-0.39, 0.29) is 32.0 Å². The van der Waals surface area contributed by atoms with Crippen LogP contribution in [0.25, 0.3) is 0 Å². The molecule has 0 aliphatic heterocycles. The first-order valence-corrected chi connectivity index (χ1v) is 33.1. The predicted molar refractivity (Wildman–Crippen MR) is 323 cm³/mol. The molecule has 9 nitrogen and oxygen atoms in total. The summed E-state index contributed by atoms with van der Waals surface area (Å²) < 4.78 is 34.2. The number of allylic oxidation sites excluding steroid dienone is 12. The number of rotatable bonds is 58. The van der Waals surface area contributed by atoms with Crippen LogP contribution in [0.4, 0.5) is 0 Å². The van der Waals surface area contributed by atoms with Crippen molar-refractivity contribution in [3.8, 4) is 0 Å². The molecule has 2 unspecified atom stereocenters. The number of unbranched alkanes of at least 4 members (excludes halogenated alkanes) is 32. The Morgan fingerprint density at radius 2 is 0.750 bits per heavy atom. The van der Waals surface area contributed by atoms with Gasteiger partial charge >= 0.3 is 11.9 Å². The minimum Gasteiger partial charge on any atom is -0.756 e. The molecule has 0 aliphatic rings. The Morgan fingerprint density at radius 1 is 0.421 bits per heavy atom. The van der Waals surface area contributed by atoms with Gasteiger partial charge in [-0.15, -0.1) is 0 Å². The molecular weight excluding hydrogens is 966 g/mol. The van der Waals surface area contributed by atoms with Crippen LogP contribution in [0.15, 0.2) is 72.9 Å². The molecule has 0 bridgehead atoms. The monoisotopic (exact) mass is 1090 g/mol. The number of hydrogen-bond acceptors (Lipinski definition) is 8. The molecule has 0 radical (unpaired) electrons. The largest absolute Gasteiger partial charge is 0.756 e. The molecule has 0 fully saturated rings. The maximum atomic E-state index is 12.8. The molecule has 0 rings (SSSR count). The van der Waals surface area contributed by atoms with Crippen LogP contribution in [0.2, 0.25) is 0 Å². The Balaban J connectivity index is 4.10. The summed E-state index contributed by atoms with van der Waals surface area (Å²) in [5, 5.41) is 0. The van der Waals surface area contributed by atoms with Gasteiger partial charge in [-0.3, -0.25) is 14.2 Å². The fourth-order valence-electron chi connectivity index (χ4n) is 8.86. The Labute approximate surface area is 469 Å². The number of carbonyl (C=O) groups excluding carboxylic acids is 2. The van der Waals surface area contributed by atoms with E-state index < -0.39 is 26.5 Å². The van der Waals surface area contributed by atoms with Crippen molar-refractivity contribution in [1.82, 2.24) is 0 Å². The number of carbonyl (C=O) groups is 2. The zero-order valence-corrected chi connectivity index (χ0v) is 51.1. The Hall–Kier alpha value is -2.55. The van der Waals surface area contributed by atoms with Gasteiger partial charge < -0.3 is 27.9 Å². The van der Waals surface area contributed by atoms with Crippen LogP contribution in [0.5, 0.6) is 0 Å². The van der Waals surface area contributed by atoms with Crippen molar-refractivity contribution in [3.63, 3.8) is 0 Å². The lowest BCUT2D eigenvalue weighted by atomic mass is 10.0. The molecule has 76 heavy (non-hydrogen) atoms. The van der Waals surface area contributed by atoms with Crippen LogP contribution in [-0.4, -0.2) is 70.0 Å². The summed E-state index contributed by atoms with van der Waals surface area (Å²) in [6.45, 7) is 4.14. The summed E-state index contributed by atoms with van der Waals surface area (Å²) >= 11 is 0. The smallest absolute Gasteiger partial charge is 0.306 e. The van der Waals surface area contributed by atoms with E-state index in [0.29, 0.717) is 17.4 Å². The third-order valence-corrected chi connectivity index (χ3v) is 14.7. The fraction of sp³-hybridized carbons (Fsp3) is 0.788. The van der Waals surface area contributed by atoms with E-state index in [1.165, 1.54) is 173 Å². The topological polar surface area (TPSA) is 111 Å². The molecule has 442 valence electrons. The maximum absolute atomic E-state index is 12.8. The quantitative estimate of drug-likeness (QED) is 0.0195. The molecule has 0 saturated carbocycles. The van der Waals surface area contributed by atoms with Gasteiger partial charge in [-0.25, -0.2) is 0 Å². The highest BCUT2D eigenvalue weighted by atomic mass is 31.2. The van der Waals surface area contributed by atoms with Crippen LogP contribution in [0.3, 0.4) is 0 Å². The number of esters is 2. The fourth-order valence-corrected chi connectivity index (χ4v) is 9.58. The molecular formula is C66H120NO8P. The lowest BCUT2D eigenvalue weighted by Gasteiger charge is -2.28. The normalized spacial score (nSPS) is 13.7. The summed E-state index contributed by atoms with van der Waals surface area (Å²) in [7, 11) is 1.16. The molecule has 0 aromatic rings. The summed E-state index contributed by atoms with van der Waals surface area (Å²) in [6.07, 6.45) is 75.3. The first-order chi connectivity index (χ1) is 37.0. The summed E-state index contributed by atoms with van der Waals surface area (Å²) in [6, 6.07) is 0. The van der Waals surface area contributed by atoms with Crippen molar-refractivity contribution in [2.24, 2.45) is 0 Å². The Morgan fingerprint density at radius 3 is 1.13 bits per heavy atom. The third-order valence-electron chi connectivity index (χ3n) is 13.7. The molecule has 0 aliphatic carbocycles. The number of hydrogen-bond donors (Lipinski definition) is 0. The van der Waals surface area contributed by atoms with Gasteiger partial charge in [0.1, 0.15) is 19.8 Å². The van der Waals surface area contributed by atoms with E-state index in [1.54, 1.807) is 0 Å². The van der Waals surface area contributed by atoms with Crippen molar-refractivity contribution in [3.05, 3.63) is 72.9 Å². The molecule has 2 atom stereocenters. The highest BCUT2D eigenvalue weighted by Crippen LogP contribution is 2.38. The van der Waals surface area contributed by atoms with Gasteiger partial charge in [-0.1, -0.05) is 260 Å². The van der Waals surface area contributed by atoms with Crippen molar-refractivity contribution >= 4 is 19.8 Å². The predicted octanol–water partition coefficient (Wildman–Crippen LogP) is 19.4. The second-order valence-corrected chi connectivity index (χ2v) is 23.8. The minimum absolute atomic E-state index is 0.0352. The SMILES string of the molecule is CC/C=C\C/C=C\C/C=C\C/C=C\C/C=C\CCCCCCCCCC(=O)OC(COC(=O)CCCCCCCCCCCCCCCCCCC/C=C\CCCCCCCCCC)COP(=O)([O-])OCC[N+](C)(C)C. The third kappa shape index (κ3) is 60.7. The van der Waals surface area contributed by atoms with Crippen LogP contribution in [0.1, 0.15) is 284 Å². The number of ether oxygens (including phenoxy) is 2. The van der Waals surface area contributed by atoms with Crippen LogP contribution >= 0.6 is 7.82 Å². The van der Waals surface area contributed by atoms with E-state index in [1.807, 2.05) is 21.1 Å². The molecule has 0 amide bonds. The highest BCUT2D eigenvalue weighted by molar-refractivity contribution is 7.45. The minimum atomic E-state index is -4.64. The van der Waals surface area contributed by atoms with Gasteiger partial charge in [0.05, 0.1) is 27.7 Å². The average molecular weight is 1090 g/mol. The van der Waals surface area contributed by atoms with Crippen molar-refractivity contribution in [2.45, 2.75) is 290 Å². The van der Waals surface area contributed by atoms with E-state index in [4.69, 9.17) is 18.5 Å². The van der Waals surface area contributed by atoms with Gasteiger partial charge in [0.2, 0.25) is 0 Å². The molecule has 0 heterocycles. The number of phosphoric ester groups is 1. The zero-order valence-electron chi connectivity index (χ0n) is 50.2. The van der Waals surface area contributed by atoms with E-state index >= 15 is 0 Å². The van der Waals surface area contributed by atoms with Crippen LogP contribution in [-0.2, 0) is 32.7 Å². The van der Waals surface area contributed by atoms with Crippen molar-refractivity contribution in [1.29, 1.82) is 0 Å². The standard InChI is InChI=1S/C66H120NO8P/c1-6-8-10-12-14-16-18-20-22-24-26-28-30-31-32-33-34-35-37-38-40-42-44-46-48-50-52-54-56-58-65(68)72-62-64(63-74-76(70,71)73-61-60-67(3,4)5)75-66(69)59-57-55-53-51-49-47-45-43-41-39-36-29-27-25-23-21-19-17-15-13-11-9-7-2/h9,11,15,17,21,23-24,26-27,29,39,41,64H,6-8,10,12-14,16,18-20,22,25,28,30-38,40,42-63H2,1-5H3/b11-9-,17-15-,23-21-,26-24-,29-27-,41-39-. The lowest BCUT2D eigenvalue weighted by Crippen LogP contribution is -2.37. The first kappa shape index (κ1) is 73.5. The van der Waals surface area contributed by atoms with E-state index in [9.17, 15) is 19.0 Å². The number of likely N-dealkylation sites (N-methyl/N-ethyl adjacent to an activating group) is 1. The average Bonchev–Trinajstić information content (AvgIpc) is 3.38. The summed E-state index contributed by atoms with van der Waals surface area (Å²) in [5.41, 5.74) is 0. The number of nitrogens with zero attached hydrogens (tertiary/aromatic N) is 1. The van der Waals surface area contributed by atoms with E-state index in [2.05, 4.69) is 86.8 Å². The van der Waals surface area contributed by atoms with Gasteiger partial charge in [0, 0.05) is 12.8 Å².